The van der Waals surface area contributed by atoms with Crippen LogP contribution in [0.5, 0.6) is 0 Å². The second kappa shape index (κ2) is 5.88. The highest BCUT2D eigenvalue weighted by molar-refractivity contribution is 6.05. The topological polar surface area (TPSA) is 0 Å². The number of hydrogen-bond acceptors (Lipinski definition) is 0. The van der Waals surface area contributed by atoms with Gasteiger partial charge in [0, 0.05) is 0 Å². The molecule has 0 aliphatic heterocycles. The largest absolute Gasteiger partial charge is 0.0656 e. The average Bonchev–Trinajstić information content (AvgIpc) is 2.46. The molecule has 0 aliphatic rings. The summed E-state index contributed by atoms with van der Waals surface area (Å²) in [6.45, 7) is 8.67. The molecular weight excluding hydrogens is 228 g/mol. The van der Waals surface area contributed by atoms with E-state index >= 15 is 0 Å². The minimum Gasteiger partial charge on any atom is -0.0656 e. The molecule has 0 N–H and O–H groups in total. The average molecular weight is 250 g/mol. The second-order valence-corrected chi connectivity index (χ2v) is 5.05. The number of hydrogen-bond donors (Lipinski definition) is 0. The van der Waals surface area contributed by atoms with Crippen molar-refractivity contribution in [2.75, 3.05) is 0 Å². The van der Waals surface area contributed by atoms with Crippen LogP contribution >= 0.6 is 0 Å². The van der Waals surface area contributed by atoms with Crippen LogP contribution in [0, 0.1) is 13.8 Å². The Hall–Kier alpha value is -1.82. The van der Waals surface area contributed by atoms with Gasteiger partial charge in [0.2, 0.25) is 0 Å². The van der Waals surface area contributed by atoms with Gasteiger partial charge in [-0.15, -0.1) is 0 Å². The van der Waals surface area contributed by atoms with Gasteiger partial charge in [0.05, 0.1) is 0 Å². The maximum absolute atomic E-state index is 2.21. The molecule has 0 heteroatoms. The minimum atomic E-state index is 1.25. The summed E-state index contributed by atoms with van der Waals surface area (Å²) in [7, 11) is 0. The highest BCUT2D eigenvalue weighted by Crippen LogP contribution is 2.31. The van der Waals surface area contributed by atoms with E-state index in [4.69, 9.17) is 0 Å². The summed E-state index contributed by atoms with van der Waals surface area (Å²) >= 11 is 0. The molecule has 0 amide bonds. The Kier molecular flexibility index (Phi) is 4.21. The van der Waals surface area contributed by atoms with Crippen molar-refractivity contribution >= 4 is 21.5 Å². The fraction of sp³-hybridized carbons (Fsp3) is 0.263. The summed E-state index contributed by atoms with van der Waals surface area (Å²) in [5.74, 6) is 0. The number of aryl methyl sites for hydroxylation is 2. The third-order valence-corrected chi connectivity index (χ3v) is 3.47. The summed E-state index contributed by atoms with van der Waals surface area (Å²) in [5.41, 5.74) is 2.77. The third kappa shape index (κ3) is 2.49. The fourth-order valence-electron chi connectivity index (χ4n) is 2.56. The zero-order valence-electron chi connectivity index (χ0n) is 12.3. The highest BCUT2D eigenvalue weighted by Gasteiger charge is 2.06. The van der Waals surface area contributed by atoms with Gasteiger partial charge < -0.3 is 0 Å². The number of rotatable bonds is 0. The van der Waals surface area contributed by atoms with E-state index in [1.54, 1.807) is 0 Å². The van der Waals surface area contributed by atoms with Crippen molar-refractivity contribution in [3.05, 3.63) is 59.7 Å². The molecule has 0 heterocycles. The second-order valence-electron chi connectivity index (χ2n) is 5.05. The molecule has 0 nitrogen and oxygen atoms in total. The van der Waals surface area contributed by atoms with E-state index in [-0.39, 0.29) is 0 Å². The minimum absolute atomic E-state index is 1.25. The van der Waals surface area contributed by atoms with E-state index in [9.17, 15) is 0 Å². The van der Waals surface area contributed by atoms with Gasteiger partial charge >= 0.3 is 0 Å². The third-order valence-electron chi connectivity index (χ3n) is 3.47. The lowest BCUT2D eigenvalue weighted by Crippen LogP contribution is -1.87. The van der Waals surface area contributed by atoms with Gasteiger partial charge in [0.1, 0.15) is 0 Å². The Morgan fingerprint density at radius 3 is 1.00 bits per heavy atom. The summed E-state index contributed by atoms with van der Waals surface area (Å²) in [6, 6.07) is 17.3. The van der Waals surface area contributed by atoms with Crippen molar-refractivity contribution in [1.29, 1.82) is 0 Å². The monoisotopic (exact) mass is 250 g/mol. The SMILES string of the molecule is CCC.Cc1c2ccccc2c(C)c2ccccc12. The maximum Gasteiger partial charge on any atom is -0.0146 e. The van der Waals surface area contributed by atoms with E-state index in [1.165, 1.54) is 39.1 Å². The molecular formula is C19H22. The van der Waals surface area contributed by atoms with E-state index in [1.807, 2.05) is 0 Å². The van der Waals surface area contributed by atoms with E-state index in [0.29, 0.717) is 0 Å². The van der Waals surface area contributed by atoms with Crippen LogP contribution in [0.1, 0.15) is 31.4 Å². The van der Waals surface area contributed by atoms with Crippen LogP contribution in [0.3, 0.4) is 0 Å². The molecule has 0 spiro atoms. The molecule has 0 radical (unpaired) electrons. The zero-order valence-corrected chi connectivity index (χ0v) is 12.3. The van der Waals surface area contributed by atoms with Gasteiger partial charge in [0.15, 0.2) is 0 Å². The van der Waals surface area contributed by atoms with Crippen LogP contribution in [0.4, 0.5) is 0 Å². The lowest BCUT2D eigenvalue weighted by molar-refractivity contribution is 1.09. The standard InChI is InChI=1S/C16H14.C3H8/c1-11-13-7-3-5-9-15(13)12(2)16-10-6-4-8-14(11)16;1-3-2/h3-10H,1-2H3;3H2,1-2H3. The lowest BCUT2D eigenvalue weighted by atomic mass is 9.93. The molecule has 3 aromatic rings. The Balaban J connectivity index is 0.000000408. The fourth-order valence-corrected chi connectivity index (χ4v) is 2.56. The molecule has 0 unspecified atom stereocenters. The van der Waals surface area contributed by atoms with E-state index in [0.717, 1.165) is 0 Å². The van der Waals surface area contributed by atoms with Gasteiger partial charge in [-0.25, -0.2) is 0 Å². The van der Waals surface area contributed by atoms with Crippen molar-refractivity contribution < 1.29 is 0 Å². The van der Waals surface area contributed by atoms with Crippen molar-refractivity contribution in [2.24, 2.45) is 0 Å². The molecule has 0 saturated carbocycles. The Labute approximate surface area is 116 Å². The molecule has 0 aromatic heterocycles. The molecule has 0 saturated heterocycles. The maximum atomic E-state index is 2.21. The van der Waals surface area contributed by atoms with Gasteiger partial charge in [-0.2, -0.15) is 0 Å². The first-order chi connectivity index (χ1) is 9.20. The van der Waals surface area contributed by atoms with Crippen LogP contribution in [0.2, 0.25) is 0 Å². The Morgan fingerprint density at radius 2 is 0.789 bits per heavy atom. The van der Waals surface area contributed by atoms with E-state index < -0.39 is 0 Å². The smallest absolute Gasteiger partial charge is 0.0146 e. The summed E-state index contributed by atoms with van der Waals surface area (Å²) in [6.07, 6.45) is 1.25. The van der Waals surface area contributed by atoms with Crippen LogP contribution in [-0.2, 0) is 0 Å². The van der Waals surface area contributed by atoms with Gasteiger partial charge in [-0.3, -0.25) is 0 Å². The Bertz CT molecular complexity index is 576. The molecule has 0 aliphatic carbocycles. The van der Waals surface area contributed by atoms with Crippen LogP contribution in [0.15, 0.2) is 48.5 Å². The molecule has 3 aromatic carbocycles. The first-order valence-corrected chi connectivity index (χ1v) is 7.07. The van der Waals surface area contributed by atoms with E-state index in [2.05, 4.69) is 76.2 Å². The summed E-state index contributed by atoms with van der Waals surface area (Å²) in [5, 5.41) is 5.50. The van der Waals surface area contributed by atoms with Gasteiger partial charge in [-0.1, -0.05) is 68.8 Å². The first-order valence-electron chi connectivity index (χ1n) is 7.07. The first kappa shape index (κ1) is 13.6. The van der Waals surface area contributed by atoms with Crippen LogP contribution in [0.25, 0.3) is 21.5 Å². The normalized spacial score (nSPS) is 10.3. The molecule has 0 atom stereocenters. The molecule has 0 fully saturated rings. The predicted molar refractivity (Wildman–Crippen MR) is 86.9 cm³/mol. The molecule has 98 valence electrons. The van der Waals surface area contributed by atoms with Crippen molar-refractivity contribution in [3.63, 3.8) is 0 Å². The van der Waals surface area contributed by atoms with Crippen molar-refractivity contribution in [3.8, 4) is 0 Å². The number of benzene rings is 3. The molecule has 3 rings (SSSR count). The van der Waals surface area contributed by atoms with Crippen LogP contribution in [-0.4, -0.2) is 0 Å². The lowest BCUT2D eigenvalue weighted by Gasteiger charge is -2.11. The van der Waals surface area contributed by atoms with Gasteiger partial charge in [-0.05, 0) is 46.5 Å². The summed E-state index contributed by atoms with van der Waals surface area (Å²) in [4.78, 5) is 0. The van der Waals surface area contributed by atoms with Crippen molar-refractivity contribution in [2.45, 2.75) is 34.1 Å². The molecule has 0 bridgehead atoms. The molecule has 19 heavy (non-hydrogen) atoms. The summed E-state index contributed by atoms with van der Waals surface area (Å²) < 4.78 is 0. The highest BCUT2D eigenvalue weighted by atomic mass is 14.1. The van der Waals surface area contributed by atoms with Gasteiger partial charge in [0.25, 0.3) is 0 Å². The van der Waals surface area contributed by atoms with Crippen LogP contribution < -0.4 is 0 Å². The quantitative estimate of drug-likeness (QED) is 0.427. The number of fused-ring (bicyclic) bond motifs is 2. The zero-order chi connectivity index (χ0) is 13.8. The predicted octanol–water partition coefficient (Wildman–Crippen LogP) is 6.03. The Morgan fingerprint density at radius 1 is 0.579 bits per heavy atom. The van der Waals surface area contributed by atoms with Crippen molar-refractivity contribution in [1.82, 2.24) is 0 Å².